The van der Waals surface area contributed by atoms with Crippen molar-refractivity contribution in [3.05, 3.63) is 54.5 Å². The van der Waals surface area contributed by atoms with E-state index in [1.165, 1.54) is 18.5 Å². The number of aryl methyl sites for hydroxylation is 1. The van der Waals surface area contributed by atoms with E-state index in [1.807, 2.05) is 19.3 Å². The minimum Gasteiger partial charge on any atom is -0.378 e. The standard InChI is InChI=1S/C25H25FN8O3/c1-33-10-16(8-29-33)20-5-14-4-15(7-28-24(14)31-20)25(36)32-21-6-17(9-27-23(21)26)30-22(35)11-34-18-2-3-19(34)13-37-12-18/h4-10,18-19H,2-3,11-13H2,1H3,(H,28,31)(H,30,35)(H,32,36). The summed E-state index contributed by atoms with van der Waals surface area (Å²) in [7, 11) is 1.83. The molecular formula is C25H25FN8O3. The average molecular weight is 505 g/mol. The molecule has 2 amide bonds. The molecule has 2 saturated heterocycles. The highest BCUT2D eigenvalue weighted by molar-refractivity contribution is 6.06. The van der Waals surface area contributed by atoms with E-state index in [4.69, 9.17) is 4.74 Å². The van der Waals surface area contributed by atoms with Gasteiger partial charge < -0.3 is 20.4 Å². The summed E-state index contributed by atoms with van der Waals surface area (Å²) < 4.78 is 21.7. The van der Waals surface area contributed by atoms with Gasteiger partial charge in [0.15, 0.2) is 0 Å². The van der Waals surface area contributed by atoms with Gasteiger partial charge in [-0.05, 0) is 31.0 Å². The van der Waals surface area contributed by atoms with Crippen LogP contribution in [0.3, 0.4) is 0 Å². The van der Waals surface area contributed by atoms with Gasteiger partial charge in [-0.1, -0.05) is 0 Å². The van der Waals surface area contributed by atoms with Gasteiger partial charge in [-0.3, -0.25) is 19.2 Å². The maximum atomic E-state index is 14.4. The van der Waals surface area contributed by atoms with E-state index in [1.54, 1.807) is 16.9 Å². The van der Waals surface area contributed by atoms with E-state index in [0.29, 0.717) is 24.5 Å². The zero-order valence-electron chi connectivity index (χ0n) is 20.1. The quantitative estimate of drug-likeness (QED) is 0.344. The largest absolute Gasteiger partial charge is 0.378 e. The molecule has 4 aromatic rings. The number of amides is 2. The van der Waals surface area contributed by atoms with E-state index in [-0.39, 0.29) is 35.8 Å². The number of carbonyl (C=O) groups excluding carboxylic acids is 2. The molecule has 6 heterocycles. The second-order valence-corrected chi connectivity index (χ2v) is 9.41. The van der Waals surface area contributed by atoms with Crippen molar-refractivity contribution in [3.8, 4) is 11.3 Å². The molecular weight excluding hydrogens is 479 g/mol. The number of hydrogen-bond donors (Lipinski definition) is 3. The molecule has 3 N–H and O–H groups in total. The number of pyridine rings is 2. The average Bonchev–Trinajstić information content (AvgIpc) is 3.55. The number of aromatic nitrogens is 5. The molecule has 37 heavy (non-hydrogen) atoms. The van der Waals surface area contributed by atoms with Gasteiger partial charge in [0.1, 0.15) is 5.65 Å². The maximum Gasteiger partial charge on any atom is 0.257 e. The third-order valence-electron chi connectivity index (χ3n) is 6.84. The van der Waals surface area contributed by atoms with E-state index in [0.717, 1.165) is 29.5 Å². The molecule has 0 aliphatic carbocycles. The van der Waals surface area contributed by atoms with Crippen LogP contribution < -0.4 is 10.6 Å². The molecule has 2 unspecified atom stereocenters. The third kappa shape index (κ3) is 4.68. The number of fused-ring (bicyclic) bond motifs is 3. The molecule has 2 aliphatic rings. The van der Waals surface area contributed by atoms with Crippen molar-refractivity contribution in [1.82, 2.24) is 29.6 Å². The zero-order valence-corrected chi connectivity index (χ0v) is 20.1. The van der Waals surface area contributed by atoms with Crippen LogP contribution in [0.25, 0.3) is 22.3 Å². The molecule has 0 saturated carbocycles. The summed E-state index contributed by atoms with van der Waals surface area (Å²) in [5.74, 6) is -1.63. The first-order valence-electron chi connectivity index (χ1n) is 12.0. The summed E-state index contributed by atoms with van der Waals surface area (Å²) in [4.78, 5) is 38.9. The van der Waals surface area contributed by atoms with Crippen LogP contribution in [0.15, 0.2) is 43.0 Å². The summed E-state index contributed by atoms with van der Waals surface area (Å²) in [6, 6.07) is 5.39. The lowest BCUT2D eigenvalue weighted by molar-refractivity contribution is -0.120. The van der Waals surface area contributed by atoms with Crippen LogP contribution in [-0.4, -0.2) is 73.3 Å². The minimum absolute atomic E-state index is 0.139. The van der Waals surface area contributed by atoms with Crippen molar-refractivity contribution in [3.63, 3.8) is 0 Å². The van der Waals surface area contributed by atoms with Gasteiger partial charge in [-0.25, -0.2) is 9.97 Å². The summed E-state index contributed by atoms with van der Waals surface area (Å²) in [6.07, 6.45) is 8.26. The Hall–Kier alpha value is -4.16. The fourth-order valence-electron chi connectivity index (χ4n) is 4.99. The van der Waals surface area contributed by atoms with Crippen LogP contribution in [0.1, 0.15) is 23.2 Å². The van der Waals surface area contributed by atoms with Crippen molar-refractivity contribution < 1.29 is 18.7 Å². The number of hydrogen-bond acceptors (Lipinski definition) is 7. The Kier molecular flexibility index (Phi) is 5.89. The van der Waals surface area contributed by atoms with Crippen molar-refractivity contribution in [1.29, 1.82) is 0 Å². The highest BCUT2D eigenvalue weighted by Gasteiger charge is 2.38. The van der Waals surface area contributed by atoms with Crippen LogP contribution in [0.5, 0.6) is 0 Å². The second-order valence-electron chi connectivity index (χ2n) is 9.41. The number of ether oxygens (including phenoxy) is 1. The van der Waals surface area contributed by atoms with Crippen LogP contribution >= 0.6 is 0 Å². The van der Waals surface area contributed by atoms with Crippen LogP contribution in [-0.2, 0) is 16.6 Å². The zero-order chi connectivity index (χ0) is 25.5. The van der Waals surface area contributed by atoms with Gasteiger partial charge in [0.25, 0.3) is 5.91 Å². The van der Waals surface area contributed by atoms with E-state index in [9.17, 15) is 14.0 Å². The Labute approximate surface area is 211 Å². The Morgan fingerprint density at radius 2 is 1.92 bits per heavy atom. The molecule has 2 fully saturated rings. The van der Waals surface area contributed by atoms with Crippen LogP contribution in [0.2, 0.25) is 0 Å². The van der Waals surface area contributed by atoms with Crippen LogP contribution in [0, 0.1) is 5.95 Å². The fraction of sp³-hybridized carbons (Fsp3) is 0.320. The highest BCUT2D eigenvalue weighted by atomic mass is 19.1. The fourth-order valence-corrected chi connectivity index (χ4v) is 4.99. The predicted octanol–water partition coefficient (Wildman–Crippen LogP) is 2.55. The monoisotopic (exact) mass is 504 g/mol. The Morgan fingerprint density at radius 3 is 2.68 bits per heavy atom. The number of anilines is 2. The van der Waals surface area contributed by atoms with Gasteiger partial charge in [0.05, 0.1) is 54.8 Å². The third-order valence-corrected chi connectivity index (χ3v) is 6.84. The van der Waals surface area contributed by atoms with Crippen molar-refractivity contribution in [2.45, 2.75) is 24.9 Å². The lowest BCUT2D eigenvalue weighted by Gasteiger charge is -2.33. The first-order valence-corrected chi connectivity index (χ1v) is 12.0. The number of nitrogens with zero attached hydrogens (tertiary/aromatic N) is 5. The van der Waals surface area contributed by atoms with Crippen molar-refractivity contribution >= 4 is 34.2 Å². The predicted molar refractivity (Wildman–Crippen MR) is 133 cm³/mol. The van der Waals surface area contributed by atoms with Crippen molar-refractivity contribution in [2.24, 2.45) is 7.05 Å². The summed E-state index contributed by atoms with van der Waals surface area (Å²) in [5.41, 5.74) is 2.72. The number of carbonyl (C=O) groups is 2. The van der Waals surface area contributed by atoms with E-state index in [2.05, 4.69) is 35.6 Å². The Bertz CT molecular complexity index is 1480. The molecule has 2 bridgehead atoms. The van der Waals surface area contributed by atoms with E-state index < -0.39 is 11.9 Å². The number of aromatic amines is 1. The molecule has 0 aromatic carbocycles. The highest BCUT2D eigenvalue weighted by Crippen LogP contribution is 2.28. The summed E-state index contributed by atoms with van der Waals surface area (Å²) in [5, 5.41) is 10.2. The normalized spacial score (nSPS) is 19.3. The lowest BCUT2D eigenvalue weighted by Crippen LogP contribution is -2.48. The molecule has 11 nitrogen and oxygen atoms in total. The number of halogens is 1. The van der Waals surface area contributed by atoms with Crippen molar-refractivity contribution in [2.75, 3.05) is 30.4 Å². The number of morpholine rings is 1. The molecule has 2 aliphatic heterocycles. The van der Waals surface area contributed by atoms with Gasteiger partial charge in [-0.15, -0.1) is 0 Å². The first-order chi connectivity index (χ1) is 17.9. The minimum atomic E-state index is -0.855. The van der Waals surface area contributed by atoms with Gasteiger partial charge >= 0.3 is 0 Å². The van der Waals surface area contributed by atoms with E-state index >= 15 is 0 Å². The number of nitrogens with one attached hydrogen (secondary N) is 3. The maximum absolute atomic E-state index is 14.4. The Morgan fingerprint density at radius 1 is 1.11 bits per heavy atom. The molecule has 0 spiro atoms. The number of H-pyrrole nitrogens is 1. The molecule has 190 valence electrons. The molecule has 12 heteroatoms. The van der Waals surface area contributed by atoms with Gasteiger partial charge in [-0.2, -0.15) is 9.49 Å². The van der Waals surface area contributed by atoms with Gasteiger partial charge in [0, 0.05) is 42.5 Å². The first kappa shape index (κ1) is 23.3. The second kappa shape index (κ2) is 9.37. The summed E-state index contributed by atoms with van der Waals surface area (Å²) in [6.45, 7) is 1.49. The topological polar surface area (TPSA) is 130 Å². The van der Waals surface area contributed by atoms with Crippen LogP contribution in [0.4, 0.5) is 15.8 Å². The molecule has 2 atom stereocenters. The molecule has 4 aromatic heterocycles. The van der Waals surface area contributed by atoms with Gasteiger partial charge in [0.2, 0.25) is 11.9 Å². The SMILES string of the molecule is Cn1cc(-c2cc3cc(C(=O)Nc4cc(NC(=O)CN5C6CCC5COC6)cnc4F)cnc3[nH]2)cn1. The Balaban J connectivity index is 1.14. The lowest BCUT2D eigenvalue weighted by atomic mass is 10.2. The molecule has 0 radical (unpaired) electrons. The molecule has 6 rings (SSSR count). The number of rotatable bonds is 6. The smallest absolute Gasteiger partial charge is 0.257 e. The summed E-state index contributed by atoms with van der Waals surface area (Å²) >= 11 is 0.